The van der Waals surface area contributed by atoms with E-state index < -0.39 is 40.1 Å². The van der Waals surface area contributed by atoms with Crippen LogP contribution in [0.2, 0.25) is 0 Å². The van der Waals surface area contributed by atoms with Crippen LogP contribution >= 0.6 is 11.3 Å². The van der Waals surface area contributed by atoms with Crippen molar-refractivity contribution in [2.75, 3.05) is 31.6 Å². The number of aromatic nitrogens is 1. The summed E-state index contributed by atoms with van der Waals surface area (Å²) in [4.78, 5) is 31.2. The number of benzene rings is 2. The highest BCUT2D eigenvalue weighted by Gasteiger charge is 2.41. The van der Waals surface area contributed by atoms with E-state index in [4.69, 9.17) is 4.74 Å². The van der Waals surface area contributed by atoms with Gasteiger partial charge in [-0.2, -0.15) is 4.31 Å². The zero-order valence-electron chi connectivity index (χ0n) is 23.8. The van der Waals surface area contributed by atoms with Crippen LogP contribution in [-0.2, 0) is 39.1 Å². The van der Waals surface area contributed by atoms with Crippen LogP contribution in [0.3, 0.4) is 0 Å². The van der Waals surface area contributed by atoms with Crippen LogP contribution in [0.25, 0.3) is 0 Å². The van der Waals surface area contributed by atoms with Crippen molar-refractivity contribution in [3.63, 3.8) is 0 Å². The van der Waals surface area contributed by atoms with Gasteiger partial charge in [0.15, 0.2) is 10.8 Å². The molecule has 44 heavy (non-hydrogen) atoms. The smallest absolute Gasteiger partial charge is 0.476 e. The average Bonchev–Trinajstić information content (AvgIpc) is 3.40. The Hall–Kier alpha value is -3.73. The molecule has 2 heterocycles. The van der Waals surface area contributed by atoms with Crippen LogP contribution < -0.4 is 15.0 Å². The van der Waals surface area contributed by atoms with Crippen LogP contribution in [0.5, 0.6) is 5.75 Å². The number of rotatable bonds is 12. The lowest BCUT2D eigenvalue weighted by molar-refractivity contribution is -0.274. The molecule has 0 saturated carbocycles. The standard InChI is InChI=1S/C28H31F3N4O7S2/c1-3-4-18-5-7-19(8-6-18)15-32-25(36)22-16-34(27-33-24(26(37)38)23(43-27)17-41-2)13-14-35(22)44(39,40)21-11-9-20(10-12-21)42-28(29,30)31/h5-12,22H,3-4,13-17H2,1-2H3,(H,32,36)(H,37,38)/t22-/m1/s1. The lowest BCUT2D eigenvalue weighted by atomic mass is 10.1. The molecular formula is C28H31F3N4O7S2. The van der Waals surface area contributed by atoms with Gasteiger partial charge in [-0.15, -0.1) is 13.2 Å². The molecule has 3 aromatic rings. The molecule has 1 atom stereocenters. The summed E-state index contributed by atoms with van der Waals surface area (Å²) in [7, 11) is -2.95. The number of sulfonamides is 1. The molecule has 1 saturated heterocycles. The third-order valence-corrected chi connectivity index (χ3v) is 9.77. The number of thiazole rings is 1. The predicted octanol–water partition coefficient (Wildman–Crippen LogP) is 4.03. The number of hydrogen-bond donors (Lipinski definition) is 2. The molecule has 1 amide bonds. The molecule has 1 aliphatic rings. The van der Waals surface area contributed by atoms with Crippen molar-refractivity contribution in [2.45, 2.75) is 50.2 Å². The molecule has 16 heteroatoms. The van der Waals surface area contributed by atoms with Gasteiger partial charge in [0.25, 0.3) is 0 Å². The minimum absolute atomic E-state index is 0.00263. The van der Waals surface area contributed by atoms with Crippen molar-refractivity contribution in [3.8, 4) is 5.75 Å². The number of carbonyl (C=O) groups is 2. The van der Waals surface area contributed by atoms with E-state index >= 15 is 0 Å². The molecule has 0 aliphatic carbocycles. The first-order valence-electron chi connectivity index (χ1n) is 13.5. The fraction of sp³-hybridized carbons (Fsp3) is 0.393. The largest absolute Gasteiger partial charge is 0.573 e. The van der Waals surface area contributed by atoms with Crippen molar-refractivity contribution in [3.05, 3.63) is 70.2 Å². The number of halogens is 3. The van der Waals surface area contributed by atoms with Gasteiger partial charge >= 0.3 is 12.3 Å². The number of nitrogens with one attached hydrogen (secondary N) is 1. The van der Waals surface area contributed by atoms with Crippen LogP contribution in [0.4, 0.5) is 18.3 Å². The predicted molar refractivity (Wildman–Crippen MR) is 155 cm³/mol. The Morgan fingerprint density at radius 2 is 1.75 bits per heavy atom. The van der Waals surface area contributed by atoms with E-state index in [2.05, 4.69) is 22.0 Å². The van der Waals surface area contributed by atoms with E-state index in [1.807, 2.05) is 24.3 Å². The minimum Gasteiger partial charge on any atom is -0.476 e. The third-order valence-electron chi connectivity index (χ3n) is 6.76. The number of alkyl halides is 3. The fourth-order valence-corrected chi connectivity index (χ4v) is 7.31. The van der Waals surface area contributed by atoms with E-state index in [-0.39, 0.29) is 48.5 Å². The summed E-state index contributed by atoms with van der Waals surface area (Å²) in [6.45, 7) is 1.91. The van der Waals surface area contributed by atoms with Gasteiger partial charge in [0, 0.05) is 33.3 Å². The van der Waals surface area contributed by atoms with E-state index in [9.17, 15) is 36.3 Å². The quantitative estimate of drug-likeness (QED) is 0.296. The number of carboxylic acids is 1. The van der Waals surface area contributed by atoms with Gasteiger partial charge in [-0.1, -0.05) is 48.9 Å². The van der Waals surface area contributed by atoms with E-state index in [1.165, 1.54) is 7.11 Å². The minimum atomic E-state index is -4.95. The van der Waals surface area contributed by atoms with Gasteiger partial charge in [0.05, 0.1) is 16.4 Å². The molecule has 238 valence electrons. The van der Waals surface area contributed by atoms with Gasteiger partial charge in [-0.3, -0.25) is 4.79 Å². The van der Waals surface area contributed by atoms with Gasteiger partial charge in [0.1, 0.15) is 11.8 Å². The Morgan fingerprint density at radius 1 is 1.09 bits per heavy atom. The number of carbonyl (C=O) groups excluding carboxylic acids is 1. The molecule has 2 N–H and O–H groups in total. The molecule has 0 radical (unpaired) electrons. The Bertz CT molecular complexity index is 1560. The number of aryl methyl sites for hydroxylation is 1. The number of carboxylic acid groups (broad SMARTS) is 1. The summed E-state index contributed by atoms with van der Waals surface area (Å²) in [6.07, 6.45) is -3.06. The Kier molecular flexibility index (Phi) is 10.5. The maximum absolute atomic E-state index is 13.7. The second-order valence-electron chi connectivity index (χ2n) is 9.89. The lowest BCUT2D eigenvalue weighted by Gasteiger charge is -2.39. The van der Waals surface area contributed by atoms with Gasteiger partial charge in [0.2, 0.25) is 15.9 Å². The zero-order chi connectivity index (χ0) is 32.1. The highest BCUT2D eigenvalue weighted by atomic mass is 32.2. The van der Waals surface area contributed by atoms with Gasteiger partial charge in [-0.25, -0.2) is 18.2 Å². The SMILES string of the molecule is CCCc1ccc(CNC(=O)[C@H]2CN(c3nc(C(=O)O)c(COC)s3)CCN2S(=O)(=O)c2ccc(OC(F)(F)F)cc2)cc1. The number of nitrogens with zero attached hydrogens (tertiary/aromatic N) is 3. The summed E-state index contributed by atoms with van der Waals surface area (Å²) in [5.41, 5.74) is 1.75. The van der Waals surface area contributed by atoms with Crippen LogP contribution in [0, 0.1) is 0 Å². The van der Waals surface area contributed by atoms with E-state index in [1.54, 1.807) is 4.90 Å². The van der Waals surface area contributed by atoms with Crippen LogP contribution in [0.15, 0.2) is 53.4 Å². The molecule has 0 unspecified atom stereocenters. The van der Waals surface area contributed by atoms with E-state index in [0.29, 0.717) is 4.88 Å². The second kappa shape index (κ2) is 13.9. The number of piperazine rings is 1. The molecule has 1 aromatic heterocycles. The average molecular weight is 657 g/mol. The Balaban J connectivity index is 1.60. The molecule has 0 spiro atoms. The normalized spacial score (nSPS) is 16.1. The van der Waals surface area contributed by atoms with Crippen molar-refractivity contribution in [1.29, 1.82) is 0 Å². The third kappa shape index (κ3) is 8.05. The number of ether oxygens (including phenoxy) is 2. The first kappa shape index (κ1) is 33.2. The number of anilines is 1. The Morgan fingerprint density at radius 3 is 2.34 bits per heavy atom. The van der Waals surface area contributed by atoms with Crippen LogP contribution in [0.1, 0.15) is 39.8 Å². The molecular weight excluding hydrogens is 625 g/mol. The summed E-state index contributed by atoms with van der Waals surface area (Å²) in [5, 5.41) is 12.6. The molecule has 1 aliphatic heterocycles. The first-order chi connectivity index (χ1) is 20.8. The molecule has 4 rings (SSSR count). The monoisotopic (exact) mass is 656 g/mol. The molecule has 2 aromatic carbocycles. The Labute approximate surface area is 256 Å². The van der Waals surface area contributed by atoms with Gasteiger partial charge in [-0.05, 0) is 41.8 Å². The van der Waals surface area contributed by atoms with Gasteiger partial charge < -0.3 is 24.8 Å². The van der Waals surface area contributed by atoms with E-state index in [0.717, 1.165) is 63.9 Å². The number of methoxy groups -OCH3 is 1. The zero-order valence-corrected chi connectivity index (χ0v) is 25.5. The summed E-state index contributed by atoms with van der Waals surface area (Å²) in [5.74, 6) is -2.46. The summed E-state index contributed by atoms with van der Waals surface area (Å²) < 4.78 is 75.1. The fourth-order valence-electron chi connectivity index (χ4n) is 4.68. The number of amides is 1. The summed E-state index contributed by atoms with van der Waals surface area (Å²) in [6, 6.07) is 10.1. The lowest BCUT2D eigenvalue weighted by Crippen LogP contribution is -2.60. The maximum Gasteiger partial charge on any atom is 0.573 e. The number of aromatic carboxylic acids is 1. The second-order valence-corrected chi connectivity index (χ2v) is 12.8. The van der Waals surface area contributed by atoms with Crippen molar-refractivity contribution >= 4 is 38.4 Å². The maximum atomic E-state index is 13.7. The molecule has 0 bridgehead atoms. The van der Waals surface area contributed by atoms with Crippen LogP contribution in [-0.4, -0.2) is 73.8 Å². The molecule has 1 fully saturated rings. The van der Waals surface area contributed by atoms with Crippen molar-refractivity contribution in [1.82, 2.24) is 14.6 Å². The number of hydrogen-bond acceptors (Lipinski definition) is 9. The highest BCUT2D eigenvalue weighted by molar-refractivity contribution is 7.89. The first-order valence-corrected chi connectivity index (χ1v) is 15.8. The molecule has 11 nitrogen and oxygen atoms in total. The summed E-state index contributed by atoms with van der Waals surface area (Å²) >= 11 is 1.06. The van der Waals surface area contributed by atoms with Crippen molar-refractivity contribution < 1.29 is 45.8 Å². The highest BCUT2D eigenvalue weighted by Crippen LogP contribution is 2.31. The van der Waals surface area contributed by atoms with Crippen molar-refractivity contribution in [2.24, 2.45) is 0 Å². The topological polar surface area (TPSA) is 138 Å².